The van der Waals surface area contributed by atoms with Gasteiger partial charge < -0.3 is 9.63 Å². The van der Waals surface area contributed by atoms with Crippen molar-refractivity contribution >= 4 is 5.97 Å². The molecule has 2 heterocycles. The lowest BCUT2D eigenvalue weighted by molar-refractivity contribution is -0.148. The summed E-state index contributed by atoms with van der Waals surface area (Å²) < 4.78 is 5.23. The molecule has 0 aliphatic heterocycles. The number of hydrogen-bond acceptors (Lipinski definition) is 5. The molecule has 0 spiro atoms. The molecule has 0 radical (unpaired) electrons. The highest BCUT2D eigenvalue weighted by molar-refractivity contribution is 5.75. The van der Waals surface area contributed by atoms with Gasteiger partial charge >= 0.3 is 5.97 Å². The lowest BCUT2D eigenvalue weighted by Gasteiger charge is -2.21. The van der Waals surface area contributed by atoms with Gasteiger partial charge in [0, 0.05) is 12.1 Å². The summed E-state index contributed by atoms with van der Waals surface area (Å²) in [5.74, 6) is 0.0123. The van der Waals surface area contributed by atoms with Crippen molar-refractivity contribution in [2.45, 2.75) is 39.0 Å². The zero-order valence-electron chi connectivity index (χ0n) is 11.9. The third-order valence-electron chi connectivity index (χ3n) is 4.09. The van der Waals surface area contributed by atoms with Crippen LogP contribution in [0.15, 0.2) is 22.7 Å². The van der Waals surface area contributed by atoms with Crippen molar-refractivity contribution in [3.63, 3.8) is 0 Å². The highest BCUT2D eigenvalue weighted by atomic mass is 16.5. The molecular formula is C15H17N3O3. The topological polar surface area (TPSA) is 89.1 Å². The summed E-state index contributed by atoms with van der Waals surface area (Å²) in [6.45, 7) is 1.89. The Morgan fingerprint density at radius 2 is 2.10 bits per heavy atom. The molecule has 1 aliphatic rings. The van der Waals surface area contributed by atoms with Gasteiger partial charge in [-0.2, -0.15) is 4.98 Å². The van der Waals surface area contributed by atoms with Crippen LogP contribution in [0.25, 0.3) is 11.5 Å². The van der Waals surface area contributed by atoms with E-state index in [-0.39, 0.29) is 0 Å². The number of carboxylic acid groups (broad SMARTS) is 1. The Labute approximate surface area is 122 Å². The van der Waals surface area contributed by atoms with Crippen LogP contribution < -0.4 is 0 Å². The van der Waals surface area contributed by atoms with Gasteiger partial charge in [-0.15, -0.1) is 0 Å². The zero-order chi connectivity index (χ0) is 14.9. The van der Waals surface area contributed by atoms with Crippen LogP contribution in [-0.2, 0) is 11.2 Å². The van der Waals surface area contributed by atoms with Crippen molar-refractivity contribution in [2.75, 3.05) is 0 Å². The van der Waals surface area contributed by atoms with Crippen LogP contribution in [0, 0.1) is 12.3 Å². The van der Waals surface area contributed by atoms with E-state index in [0.29, 0.717) is 36.7 Å². The van der Waals surface area contributed by atoms with Crippen LogP contribution >= 0.6 is 0 Å². The minimum atomic E-state index is -0.770. The van der Waals surface area contributed by atoms with E-state index in [1.807, 2.05) is 25.1 Å². The maximum absolute atomic E-state index is 11.5. The second-order valence-electron chi connectivity index (χ2n) is 5.65. The van der Waals surface area contributed by atoms with Crippen molar-refractivity contribution in [3.05, 3.63) is 29.8 Å². The van der Waals surface area contributed by atoms with E-state index in [0.717, 1.165) is 18.5 Å². The smallest absolute Gasteiger partial charge is 0.310 e. The largest absolute Gasteiger partial charge is 0.481 e. The predicted octanol–water partition coefficient (Wildman–Crippen LogP) is 2.63. The van der Waals surface area contributed by atoms with Crippen LogP contribution in [0.5, 0.6) is 0 Å². The highest BCUT2D eigenvalue weighted by Crippen LogP contribution is 2.41. The van der Waals surface area contributed by atoms with Gasteiger partial charge in [0.15, 0.2) is 0 Å². The van der Waals surface area contributed by atoms with E-state index < -0.39 is 11.4 Å². The Kier molecular flexibility index (Phi) is 3.45. The second-order valence-corrected chi connectivity index (χ2v) is 5.65. The van der Waals surface area contributed by atoms with Crippen LogP contribution in [0.3, 0.4) is 0 Å². The average molecular weight is 287 g/mol. The van der Waals surface area contributed by atoms with Gasteiger partial charge in [-0.3, -0.25) is 4.79 Å². The second kappa shape index (κ2) is 5.27. The van der Waals surface area contributed by atoms with Gasteiger partial charge in [-0.1, -0.05) is 24.1 Å². The van der Waals surface area contributed by atoms with Crippen molar-refractivity contribution in [2.24, 2.45) is 5.41 Å². The monoisotopic (exact) mass is 287 g/mol. The molecule has 0 aromatic carbocycles. The molecule has 1 saturated carbocycles. The Hall–Kier alpha value is -2.24. The Balaban J connectivity index is 1.83. The number of nitrogens with zero attached hydrogens (tertiary/aromatic N) is 3. The maximum atomic E-state index is 11.5. The maximum Gasteiger partial charge on any atom is 0.310 e. The van der Waals surface area contributed by atoms with E-state index in [2.05, 4.69) is 15.1 Å². The van der Waals surface area contributed by atoms with Crippen molar-refractivity contribution in [1.82, 2.24) is 15.1 Å². The molecule has 3 rings (SSSR count). The molecule has 0 saturated heterocycles. The lowest BCUT2D eigenvalue weighted by atomic mass is 9.83. The number of aliphatic carboxylic acids is 1. The fourth-order valence-electron chi connectivity index (χ4n) is 2.91. The number of carbonyl (C=O) groups is 1. The predicted molar refractivity (Wildman–Crippen MR) is 74.5 cm³/mol. The van der Waals surface area contributed by atoms with Crippen LogP contribution in [0.4, 0.5) is 0 Å². The summed E-state index contributed by atoms with van der Waals surface area (Å²) in [4.78, 5) is 20.2. The van der Waals surface area contributed by atoms with Crippen LogP contribution in [0.1, 0.15) is 37.3 Å². The molecule has 2 aromatic heterocycles. The molecule has 0 atom stereocenters. The Morgan fingerprint density at radius 3 is 2.76 bits per heavy atom. The molecule has 6 nitrogen and oxygen atoms in total. The first-order chi connectivity index (χ1) is 10.1. The minimum absolute atomic E-state index is 0.293. The van der Waals surface area contributed by atoms with E-state index in [9.17, 15) is 9.90 Å². The summed E-state index contributed by atoms with van der Waals surface area (Å²) in [5, 5.41) is 13.4. The number of hydrogen-bond donors (Lipinski definition) is 1. The van der Waals surface area contributed by atoms with E-state index in [1.54, 1.807) is 0 Å². The average Bonchev–Trinajstić information content (AvgIpc) is 3.09. The van der Waals surface area contributed by atoms with Gasteiger partial charge in [-0.05, 0) is 31.9 Å². The summed E-state index contributed by atoms with van der Waals surface area (Å²) in [6.07, 6.45) is 3.51. The third-order valence-corrected chi connectivity index (χ3v) is 4.09. The number of aryl methyl sites for hydroxylation is 1. The van der Waals surface area contributed by atoms with E-state index >= 15 is 0 Å². The molecule has 0 unspecified atom stereocenters. The van der Waals surface area contributed by atoms with Gasteiger partial charge in [0.2, 0.25) is 11.7 Å². The molecule has 1 N–H and O–H groups in total. The third kappa shape index (κ3) is 2.66. The van der Waals surface area contributed by atoms with Crippen LogP contribution in [-0.4, -0.2) is 26.2 Å². The number of pyridine rings is 1. The molecule has 1 fully saturated rings. The van der Waals surface area contributed by atoms with Crippen LogP contribution in [0.2, 0.25) is 0 Å². The Bertz CT molecular complexity index is 660. The molecule has 0 bridgehead atoms. The fraction of sp³-hybridized carbons (Fsp3) is 0.467. The number of rotatable bonds is 4. The molecule has 6 heteroatoms. The fourth-order valence-corrected chi connectivity index (χ4v) is 2.91. The molecule has 110 valence electrons. The summed E-state index contributed by atoms with van der Waals surface area (Å²) in [5.41, 5.74) is 0.765. The molecule has 1 aliphatic carbocycles. The minimum Gasteiger partial charge on any atom is -0.481 e. The van der Waals surface area contributed by atoms with Gasteiger partial charge in [0.1, 0.15) is 5.69 Å². The normalized spacial score (nSPS) is 17.0. The quantitative estimate of drug-likeness (QED) is 0.929. The van der Waals surface area contributed by atoms with Gasteiger partial charge in [-0.25, -0.2) is 4.98 Å². The summed E-state index contributed by atoms with van der Waals surface area (Å²) in [7, 11) is 0. The SMILES string of the molecule is Cc1cccc(-c2noc(CC3(C(=O)O)CCCC3)n2)n1. The van der Waals surface area contributed by atoms with Crippen molar-refractivity contribution in [1.29, 1.82) is 0 Å². The van der Waals surface area contributed by atoms with Gasteiger partial charge in [0.25, 0.3) is 0 Å². The van der Waals surface area contributed by atoms with E-state index in [1.165, 1.54) is 0 Å². The first-order valence-electron chi connectivity index (χ1n) is 7.09. The molecule has 21 heavy (non-hydrogen) atoms. The van der Waals surface area contributed by atoms with Crippen molar-refractivity contribution < 1.29 is 14.4 Å². The lowest BCUT2D eigenvalue weighted by Crippen LogP contribution is -2.30. The Morgan fingerprint density at radius 1 is 1.33 bits per heavy atom. The highest BCUT2D eigenvalue weighted by Gasteiger charge is 2.42. The van der Waals surface area contributed by atoms with E-state index in [4.69, 9.17) is 4.52 Å². The first-order valence-corrected chi connectivity index (χ1v) is 7.09. The van der Waals surface area contributed by atoms with Gasteiger partial charge in [0.05, 0.1) is 5.41 Å². The molecule has 0 amide bonds. The standard InChI is InChI=1S/C15H17N3O3/c1-10-5-4-6-11(16-10)13-17-12(21-18-13)9-15(14(19)20)7-2-3-8-15/h4-6H,2-3,7-9H2,1H3,(H,19,20). The van der Waals surface area contributed by atoms with Crippen molar-refractivity contribution in [3.8, 4) is 11.5 Å². The first kappa shape index (κ1) is 13.7. The molecule has 2 aromatic rings. The summed E-state index contributed by atoms with van der Waals surface area (Å²) in [6, 6.07) is 5.58. The number of carboxylic acids is 1. The zero-order valence-corrected chi connectivity index (χ0v) is 11.9. The number of aromatic nitrogens is 3. The summed E-state index contributed by atoms with van der Waals surface area (Å²) >= 11 is 0. The molecular weight excluding hydrogens is 270 g/mol.